The number of hydrogen-bond donors (Lipinski definition) is 0. The van der Waals surface area contributed by atoms with E-state index in [2.05, 4.69) is 49.2 Å². The highest BCUT2D eigenvalue weighted by Gasteiger charge is 2.09. The van der Waals surface area contributed by atoms with Gasteiger partial charge < -0.3 is 4.42 Å². The van der Waals surface area contributed by atoms with Crippen LogP contribution < -0.4 is 0 Å². The van der Waals surface area contributed by atoms with E-state index in [0.29, 0.717) is 11.1 Å². The number of rotatable bonds is 5. The number of hydrogen-bond acceptors (Lipinski definition) is 4. The minimum absolute atomic E-state index is 0.612. The molecule has 2 rings (SSSR count). The Morgan fingerprint density at radius 2 is 1.83 bits per heavy atom. The number of nitrogens with zero attached hydrogens (tertiary/aromatic N) is 2. The molecule has 4 heteroatoms. The Morgan fingerprint density at radius 3 is 2.50 bits per heavy atom. The zero-order chi connectivity index (χ0) is 13.0. The average molecular weight is 262 g/mol. The quantitative estimate of drug-likeness (QED) is 0.596. The molecular weight excluding hydrogens is 244 g/mol. The maximum atomic E-state index is 5.67. The molecule has 0 bridgehead atoms. The van der Waals surface area contributed by atoms with Gasteiger partial charge in [-0.1, -0.05) is 42.3 Å². The molecule has 0 N–H and O–H groups in total. The van der Waals surface area contributed by atoms with Crippen molar-refractivity contribution >= 4 is 11.8 Å². The summed E-state index contributed by atoms with van der Waals surface area (Å²) in [4.78, 5) is 0. The lowest BCUT2D eigenvalue weighted by Gasteiger charge is -2.00. The van der Waals surface area contributed by atoms with E-state index < -0.39 is 0 Å². The molecule has 1 aromatic heterocycles. The second-order valence-electron chi connectivity index (χ2n) is 4.45. The van der Waals surface area contributed by atoms with Crippen LogP contribution in [0.25, 0.3) is 11.5 Å². The van der Waals surface area contributed by atoms with Crippen LogP contribution in [0.5, 0.6) is 0 Å². The van der Waals surface area contributed by atoms with Gasteiger partial charge in [0, 0.05) is 11.3 Å². The minimum Gasteiger partial charge on any atom is -0.411 e. The lowest BCUT2D eigenvalue weighted by atomic mass is 10.1. The summed E-state index contributed by atoms with van der Waals surface area (Å²) < 4.78 is 5.67. The van der Waals surface area contributed by atoms with Gasteiger partial charge in [-0.3, -0.25) is 0 Å². The van der Waals surface area contributed by atoms with Crippen molar-refractivity contribution in [3.05, 3.63) is 29.3 Å². The molecule has 0 fully saturated rings. The van der Waals surface area contributed by atoms with Gasteiger partial charge in [0.2, 0.25) is 5.89 Å². The van der Waals surface area contributed by atoms with E-state index in [4.69, 9.17) is 4.42 Å². The van der Waals surface area contributed by atoms with Gasteiger partial charge in [-0.25, -0.2) is 0 Å². The fourth-order valence-corrected chi connectivity index (χ4v) is 2.63. The third-order valence-electron chi connectivity index (χ3n) is 2.60. The van der Waals surface area contributed by atoms with E-state index in [9.17, 15) is 0 Å². The predicted octanol–water partition coefficient (Wildman–Crippen LogP) is 4.25. The summed E-state index contributed by atoms with van der Waals surface area (Å²) in [5.74, 6) is 1.64. The highest BCUT2D eigenvalue weighted by Crippen LogP contribution is 2.25. The van der Waals surface area contributed by atoms with Crippen LogP contribution in [0.15, 0.2) is 27.8 Å². The van der Waals surface area contributed by atoms with Crippen molar-refractivity contribution < 1.29 is 4.42 Å². The summed E-state index contributed by atoms with van der Waals surface area (Å²) in [5.41, 5.74) is 3.43. The van der Waals surface area contributed by atoms with Crippen molar-refractivity contribution in [2.24, 2.45) is 0 Å². The van der Waals surface area contributed by atoms with Crippen LogP contribution in [0, 0.1) is 13.8 Å². The molecule has 0 unspecified atom stereocenters. The van der Waals surface area contributed by atoms with Gasteiger partial charge in [0.05, 0.1) is 0 Å². The largest absolute Gasteiger partial charge is 0.411 e. The summed E-state index contributed by atoms with van der Waals surface area (Å²) in [6.45, 7) is 6.32. The minimum atomic E-state index is 0.612. The van der Waals surface area contributed by atoms with Crippen molar-refractivity contribution in [3.63, 3.8) is 0 Å². The molecule has 0 spiro atoms. The van der Waals surface area contributed by atoms with Crippen LogP contribution in [0.3, 0.4) is 0 Å². The van der Waals surface area contributed by atoms with Crippen molar-refractivity contribution in [1.29, 1.82) is 0 Å². The molecule has 0 atom stereocenters. The van der Waals surface area contributed by atoms with E-state index >= 15 is 0 Å². The van der Waals surface area contributed by atoms with Crippen molar-refractivity contribution in [2.45, 2.75) is 38.8 Å². The average Bonchev–Trinajstić information content (AvgIpc) is 2.77. The van der Waals surface area contributed by atoms with Crippen molar-refractivity contribution in [1.82, 2.24) is 10.2 Å². The first-order valence-electron chi connectivity index (χ1n) is 6.24. The summed E-state index contributed by atoms with van der Waals surface area (Å²) in [6.07, 6.45) is 2.36. The number of benzene rings is 1. The van der Waals surface area contributed by atoms with E-state index in [1.165, 1.54) is 24.0 Å². The SMILES string of the molecule is CCCCSc1nnc(-c2cc(C)cc(C)c2)o1. The number of aryl methyl sites for hydroxylation is 2. The Bertz CT molecular complexity index is 502. The molecular formula is C14H18N2OS. The number of thioether (sulfide) groups is 1. The van der Waals surface area contributed by atoms with Gasteiger partial charge in [0.15, 0.2) is 0 Å². The zero-order valence-electron chi connectivity index (χ0n) is 11.1. The van der Waals surface area contributed by atoms with Crippen molar-refractivity contribution in [3.8, 4) is 11.5 Å². The normalized spacial score (nSPS) is 10.8. The summed E-state index contributed by atoms with van der Waals surface area (Å²) in [7, 11) is 0. The topological polar surface area (TPSA) is 38.9 Å². The Balaban J connectivity index is 2.13. The molecule has 0 aliphatic heterocycles. The van der Waals surface area contributed by atoms with Gasteiger partial charge in [-0.15, -0.1) is 10.2 Å². The van der Waals surface area contributed by atoms with Gasteiger partial charge in [0.1, 0.15) is 0 Å². The molecule has 1 heterocycles. The first kappa shape index (κ1) is 13.1. The summed E-state index contributed by atoms with van der Waals surface area (Å²) >= 11 is 1.63. The first-order valence-corrected chi connectivity index (χ1v) is 7.22. The summed E-state index contributed by atoms with van der Waals surface area (Å²) in [5, 5.41) is 8.84. The predicted molar refractivity (Wildman–Crippen MR) is 74.8 cm³/mol. The monoisotopic (exact) mass is 262 g/mol. The smallest absolute Gasteiger partial charge is 0.276 e. The van der Waals surface area contributed by atoms with E-state index in [-0.39, 0.29) is 0 Å². The fraction of sp³-hybridized carbons (Fsp3) is 0.429. The molecule has 0 saturated heterocycles. The Hall–Kier alpha value is -1.29. The molecule has 0 radical (unpaired) electrons. The Labute approximate surface area is 112 Å². The van der Waals surface area contributed by atoms with Gasteiger partial charge in [0.25, 0.3) is 5.22 Å². The Morgan fingerprint density at radius 1 is 1.11 bits per heavy atom. The van der Waals surface area contributed by atoms with Crippen LogP contribution in [0.1, 0.15) is 30.9 Å². The number of aromatic nitrogens is 2. The molecule has 96 valence electrons. The highest BCUT2D eigenvalue weighted by atomic mass is 32.2. The van der Waals surface area contributed by atoms with Crippen LogP contribution in [-0.4, -0.2) is 16.0 Å². The lowest BCUT2D eigenvalue weighted by Crippen LogP contribution is -1.82. The Kier molecular flexibility index (Phi) is 4.42. The van der Waals surface area contributed by atoms with Crippen LogP contribution >= 0.6 is 11.8 Å². The molecule has 3 nitrogen and oxygen atoms in total. The molecule has 0 amide bonds. The fourth-order valence-electron chi connectivity index (χ4n) is 1.79. The highest BCUT2D eigenvalue weighted by molar-refractivity contribution is 7.99. The van der Waals surface area contributed by atoms with Crippen LogP contribution in [0.4, 0.5) is 0 Å². The first-order chi connectivity index (χ1) is 8.69. The van der Waals surface area contributed by atoms with E-state index in [1.807, 2.05) is 0 Å². The molecule has 18 heavy (non-hydrogen) atoms. The lowest BCUT2D eigenvalue weighted by molar-refractivity contribution is 0.465. The van der Waals surface area contributed by atoms with Crippen molar-refractivity contribution in [2.75, 3.05) is 5.75 Å². The molecule has 0 aliphatic rings. The van der Waals surface area contributed by atoms with Crippen LogP contribution in [-0.2, 0) is 0 Å². The zero-order valence-corrected chi connectivity index (χ0v) is 11.9. The molecule has 0 saturated carbocycles. The second-order valence-corrected chi connectivity index (χ2v) is 5.50. The van der Waals surface area contributed by atoms with Gasteiger partial charge in [-0.2, -0.15) is 0 Å². The van der Waals surface area contributed by atoms with Crippen LogP contribution in [0.2, 0.25) is 0 Å². The maximum absolute atomic E-state index is 5.67. The third kappa shape index (κ3) is 3.35. The van der Waals surface area contributed by atoms with E-state index in [1.54, 1.807) is 11.8 Å². The second kappa shape index (κ2) is 6.05. The standard InChI is InChI=1S/C14H18N2OS/c1-4-5-6-18-14-16-15-13(17-14)12-8-10(2)7-11(3)9-12/h7-9H,4-6H2,1-3H3. The summed E-state index contributed by atoms with van der Waals surface area (Å²) in [6, 6.07) is 6.28. The molecule has 1 aromatic carbocycles. The van der Waals surface area contributed by atoms with Gasteiger partial charge >= 0.3 is 0 Å². The van der Waals surface area contributed by atoms with Gasteiger partial charge in [-0.05, 0) is 32.4 Å². The maximum Gasteiger partial charge on any atom is 0.276 e. The molecule has 0 aliphatic carbocycles. The number of unbranched alkanes of at least 4 members (excludes halogenated alkanes) is 1. The third-order valence-corrected chi connectivity index (χ3v) is 3.50. The molecule has 2 aromatic rings. The van der Waals surface area contributed by atoms with E-state index in [0.717, 1.165) is 11.3 Å².